The van der Waals surface area contributed by atoms with Crippen LogP contribution < -0.4 is 5.43 Å². The maximum atomic E-state index is 13.2. The fraction of sp³-hybridized carbons (Fsp3) is 0.227. The first kappa shape index (κ1) is 18.1. The molecule has 6 heteroatoms. The first-order valence-electron chi connectivity index (χ1n) is 9.04. The Morgan fingerprint density at radius 2 is 1.79 bits per heavy atom. The Balaban J connectivity index is 2.16. The number of carbonyl (C=O) groups excluding carboxylic acids is 2. The van der Waals surface area contributed by atoms with E-state index in [2.05, 4.69) is 0 Å². The van der Waals surface area contributed by atoms with Gasteiger partial charge in [-0.2, -0.15) is 0 Å². The maximum Gasteiger partial charge on any atom is 0.202 e. The molecule has 6 nitrogen and oxygen atoms in total. The number of carbonyl (C=O) groups is 2. The molecule has 1 heterocycles. The zero-order chi connectivity index (χ0) is 20.2. The normalized spacial score (nSPS) is 14.1. The summed E-state index contributed by atoms with van der Waals surface area (Å²) in [4.78, 5) is 39.0. The molecular formula is C22H18O6. The molecule has 3 aromatic rings. The molecule has 0 saturated heterocycles. The van der Waals surface area contributed by atoms with E-state index < -0.39 is 18.2 Å². The zero-order valence-electron chi connectivity index (χ0n) is 15.4. The molecule has 0 saturated carbocycles. The Morgan fingerprint density at radius 1 is 1.04 bits per heavy atom. The number of phenols is 1. The number of benzene rings is 2. The monoisotopic (exact) mass is 378 g/mol. The van der Waals surface area contributed by atoms with Crippen molar-refractivity contribution in [2.45, 2.75) is 32.8 Å². The van der Waals surface area contributed by atoms with Gasteiger partial charge in [0.05, 0.1) is 23.1 Å². The SMILES string of the molecule is CCC(C)c1cc(=O)c2c(CO)cc3c(c2o1)C(=O)c1c(O)cccc1C3=O. The molecule has 0 bridgehead atoms. The molecule has 0 fully saturated rings. The molecule has 1 aliphatic carbocycles. The summed E-state index contributed by atoms with van der Waals surface area (Å²) < 4.78 is 5.94. The third kappa shape index (κ3) is 2.42. The van der Waals surface area contributed by atoms with Crippen LogP contribution in [0.1, 0.15) is 69.4 Å². The number of hydrogen-bond acceptors (Lipinski definition) is 6. The molecule has 1 aliphatic rings. The van der Waals surface area contributed by atoms with Crippen molar-refractivity contribution in [2.24, 2.45) is 0 Å². The molecule has 0 aliphatic heterocycles. The smallest absolute Gasteiger partial charge is 0.202 e. The van der Waals surface area contributed by atoms with Crippen molar-refractivity contribution in [1.29, 1.82) is 0 Å². The number of aromatic hydroxyl groups is 1. The summed E-state index contributed by atoms with van der Waals surface area (Å²) in [7, 11) is 0. The van der Waals surface area contributed by atoms with Crippen LogP contribution in [-0.4, -0.2) is 21.8 Å². The minimum absolute atomic E-state index is 0.0170. The van der Waals surface area contributed by atoms with Gasteiger partial charge in [0, 0.05) is 23.1 Å². The van der Waals surface area contributed by atoms with E-state index in [9.17, 15) is 24.6 Å². The highest BCUT2D eigenvalue weighted by atomic mass is 16.3. The minimum atomic E-state index is -0.582. The van der Waals surface area contributed by atoms with Crippen LogP contribution in [0.25, 0.3) is 11.0 Å². The van der Waals surface area contributed by atoms with Crippen LogP contribution >= 0.6 is 0 Å². The van der Waals surface area contributed by atoms with Gasteiger partial charge < -0.3 is 14.6 Å². The third-order valence-electron chi connectivity index (χ3n) is 5.36. The second-order valence-corrected chi connectivity index (χ2v) is 7.00. The fourth-order valence-electron chi connectivity index (χ4n) is 3.64. The molecule has 2 N–H and O–H groups in total. The Labute approximate surface area is 160 Å². The summed E-state index contributed by atoms with van der Waals surface area (Å²) in [5.41, 5.74) is -0.181. The van der Waals surface area contributed by atoms with Gasteiger partial charge in [0.2, 0.25) is 5.78 Å². The van der Waals surface area contributed by atoms with Gasteiger partial charge in [-0.25, -0.2) is 0 Å². The topological polar surface area (TPSA) is 105 Å². The lowest BCUT2D eigenvalue weighted by molar-refractivity contribution is 0.0976. The summed E-state index contributed by atoms with van der Waals surface area (Å²) in [5.74, 6) is -1.02. The Bertz CT molecular complexity index is 1220. The highest BCUT2D eigenvalue weighted by Crippen LogP contribution is 2.37. The lowest BCUT2D eigenvalue weighted by Gasteiger charge is -2.21. The molecule has 1 unspecified atom stereocenters. The minimum Gasteiger partial charge on any atom is -0.507 e. The van der Waals surface area contributed by atoms with Gasteiger partial charge in [-0.05, 0) is 24.1 Å². The van der Waals surface area contributed by atoms with Crippen LogP contribution in [0.5, 0.6) is 5.75 Å². The van der Waals surface area contributed by atoms with Crippen LogP contribution in [0.15, 0.2) is 39.5 Å². The number of phenolic OH excluding ortho intramolecular Hbond substituents is 1. The third-order valence-corrected chi connectivity index (χ3v) is 5.36. The number of aliphatic hydroxyl groups excluding tert-OH is 1. The average molecular weight is 378 g/mol. The van der Waals surface area contributed by atoms with E-state index in [1.165, 1.54) is 30.3 Å². The number of fused-ring (bicyclic) bond motifs is 4. The fourth-order valence-corrected chi connectivity index (χ4v) is 3.64. The van der Waals surface area contributed by atoms with E-state index in [1.54, 1.807) is 0 Å². The van der Waals surface area contributed by atoms with E-state index in [1.807, 2.05) is 13.8 Å². The second kappa shape index (κ2) is 6.42. The second-order valence-electron chi connectivity index (χ2n) is 7.00. The molecule has 142 valence electrons. The van der Waals surface area contributed by atoms with Crippen molar-refractivity contribution in [2.75, 3.05) is 0 Å². The summed E-state index contributed by atoms with van der Waals surface area (Å²) >= 11 is 0. The van der Waals surface area contributed by atoms with Gasteiger partial charge in [0.15, 0.2) is 11.2 Å². The van der Waals surface area contributed by atoms with E-state index in [4.69, 9.17) is 4.42 Å². The highest BCUT2D eigenvalue weighted by Gasteiger charge is 2.35. The summed E-state index contributed by atoms with van der Waals surface area (Å²) in [6.07, 6.45) is 0.715. The molecule has 0 amide bonds. The largest absolute Gasteiger partial charge is 0.507 e. The summed E-state index contributed by atoms with van der Waals surface area (Å²) in [5, 5.41) is 20.0. The van der Waals surface area contributed by atoms with Crippen molar-refractivity contribution < 1.29 is 24.2 Å². The van der Waals surface area contributed by atoms with Crippen molar-refractivity contribution >= 4 is 22.5 Å². The van der Waals surface area contributed by atoms with Gasteiger partial charge in [0.25, 0.3) is 0 Å². The Hall–Kier alpha value is -3.25. The van der Waals surface area contributed by atoms with Crippen molar-refractivity contribution in [3.05, 3.63) is 74.1 Å². The quantitative estimate of drug-likeness (QED) is 0.567. The summed E-state index contributed by atoms with van der Waals surface area (Å²) in [6.45, 7) is 3.35. The molecule has 1 aromatic heterocycles. The molecule has 0 spiro atoms. The highest BCUT2D eigenvalue weighted by molar-refractivity contribution is 6.32. The van der Waals surface area contributed by atoms with Crippen LogP contribution in [0.3, 0.4) is 0 Å². The number of hydrogen-bond donors (Lipinski definition) is 2. The van der Waals surface area contributed by atoms with E-state index in [0.717, 1.165) is 0 Å². The van der Waals surface area contributed by atoms with E-state index in [-0.39, 0.29) is 55.9 Å². The van der Waals surface area contributed by atoms with Crippen molar-refractivity contribution in [3.8, 4) is 5.75 Å². The standard InChI is InChI=1S/C22H18O6/c1-3-10(2)16-8-15(25)17-11(9-23)7-13-19(22(17)28-16)21(27)18-12(20(13)26)5-4-6-14(18)24/h4-8,10,23-24H,3,9H2,1-2H3. The molecule has 2 aromatic carbocycles. The van der Waals surface area contributed by atoms with Gasteiger partial charge in [0.1, 0.15) is 17.1 Å². The van der Waals surface area contributed by atoms with Crippen molar-refractivity contribution in [3.63, 3.8) is 0 Å². The van der Waals surface area contributed by atoms with Crippen LogP contribution in [0, 0.1) is 0 Å². The van der Waals surface area contributed by atoms with E-state index >= 15 is 0 Å². The van der Waals surface area contributed by atoms with Crippen molar-refractivity contribution in [1.82, 2.24) is 0 Å². The molecule has 4 rings (SSSR count). The molecule has 1 atom stereocenters. The Morgan fingerprint density at radius 3 is 2.46 bits per heavy atom. The Kier molecular flexibility index (Phi) is 4.16. The van der Waals surface area contributed by atoms with Crippen LogP contribution in [0.4, 0.5) is 0 Å². The lowest BCUT2D eigenvalue weighted by Crippen LogP contribution is -2.23. The maximum absolute atomic E-state index is 13.2. The van der Waals surface area contributed by atoms with Crippen LogP contribution in [0.2, 0.25) is 0 Å². The van der Waals surface area contributed by atoms with Crippen LogP contribution in [-0.2, 0) is 6.61 Å². The van der Waals surface area contributed by atoms with Gasteiger partial charge in [-0.15, -0.1) is 0 Å². The molecule has 0 radical (unpaired) electrons. The predicted molar refractivity (Wildman–Crippen MR) is 102 cm³/mol. The van der Waals surface area contributed by atoms with Gasteiger partial charge >= 0.3 is 0 Å². The number of ketones is 2. The van der Waals surface area contributed by atoms with Gasteiger partial charge in [-0.3, -0.25) is 14.4 Å². The van der Waals surface area contributed by atoms with Gasteiger partial charge in [-0.1, -0.05) is 26.0 Å². The number of aliphatic hydroxyl groups is 1. The molecular weight excluding hydrogens is 360 g/mol. The predicted octanol–water partition coefficient (Wildman–Crippen LogP) is 3.28. The molecule has 28 heavy (non-hydrogen) atoms. The zero-order valence-corrected chi connectivity index (χ0v) is 15.4. The summed E-state index contributed by atoms with van der Waals surface area (Å²) in [6, 6.07) is 7.01. The first-order chi connectivity index (χ1) is 13.4. The average Bonchev–Trinajstić information content (AvgIpc) is 2.69. The lowest BCUT2D eigenvalue weighted by atomic mass is 9.81. The van der Waals surface area contributed by atoms with E-state index in [0.29, 0.717) is 12.2 Å². The number of rotatable bonds is 3. The first-order valence-corrected chi connectivity index (χ1v) is 9.04.